The standard InChI is InChI=1S/2C8H18O2.2C7H16O2.C6H14O3.3C6H14O2.C5H12O3.C4H10O3/c1-7(2,9)5-6-8(3,4)10;1-3-4-5-8(2,10)6-7-9;2*1-6(2,8)5-7(3,4)9;1-3-5(8)6(2,9)4-7;1-5(4-7)6(2,3)8;1-5(7)4-6(2,3)8;1-5(2,7)6(3,4)8;1-3-4(6)5(2,7)8;1-4(7,2-5)3-6/h9-10H,5-6H2,1-4H3;9-10H,3-7H2,1-2H3;2*8-9H,5H2,1-4H3;5,7-9H,3-4H2,1-2H3;2*5,7-8H,4H2,1-3H3;7-8H,1-4H3;4,6-8H,3H2,1-2H3;5-7H,2-3H2,1H3. The zero-order valence-corrected chi connectivity index (χ0v) is 59.9. The Morgan fingerprint density at radius 3 is 0.698 bits per heavy atom. The van der Waals surface area contributed by atoms with Crippen LogP contribution in [0.5, 0.6) is 0 Å². The van der Waals surface area contributed by atoms with E-state index < -0.39 is 117 Å². The second kappa shape index (κ2) is 47.0. The van der Waals surface area contributed by atoms with Crippen LogP contribution in [-0.4, -0.2) is 247 Å². The molecule has 86 heavy (non-hydrogen) atoms. The van der Waals surface area contributed by atoms with Gasteiger partial charge in [-0.1, -0.05) is 40.5 Å². The predicted octanol–water partition coefficient (Wildman–Crippen LogP) is 3.58. The Hall–Kier alpha value is -0.920. The van der Waals surface area contributed by atoms with Gasteiger partial charge < -0.3 is 117 Å². The predicted molar refractivity (Wildman–Crippen MR) is 344 cm³/mol. The largest absolute Gasteiger partial charge is 0.396 e. The summed E-state index contributed by atoms with van der Waals surface area (Å²) in [5.74, 6) is -1.98. The van der Waals surface area contributed by atoms with Gasteiger partial charge in [-0.25, -0.2) is 0 Å². The van der Waals surface area contributed by atoms with E-state index in [1.54, 1.807) is 173 Å². The van der Waals surface area contributed by atoms with E-state index in [-0.39, 0.29) is 19.1 Å². The van der Waals surface area contributed by atoms with Gasteiger partial charge in [-0.3, -0.25) is 0 Å². The van der Waals surface area contributed by atoms with Crippen LogP contribution >= 0.6 is 0 Å². The van der Waals surface area contributed by atoms with Crippen molar-refractivity contribution in [2.45, 2.75) is 368 Å². The molecule has 23 heteroatoms. The minimum atomic E-state index is -1.94. The summed E-state index contributed by atoms with van der Waals surface area (Å²) in [4.78, 5) is 0. The normalized spacial score (nSPS) is 15.5. The van der Waals surface area contributed by atoms with E-state index in [4.69, 9.17) is 81.7 Å². The lowest BCUT2D eigenvalue weighted by Crippen LogP contribution is -2.44. The van der Waals surface area contributed by atoms with E-state index in [1.165, 1.54) is 13.8 Å². The Morgan fingerprint density at radius 1 is 0.337 bits per heavy atom. The quantitative estimate of drug-likeness (QED) is 0.0614. The molecule has 0 rings (SSSR count). The van der Waals surface area contributed by atoms with E-state index in [2.05, 4.69) is 6.92 Å². The van der Waals surface area contributed by atoms with E-state index in [1.807, 2.05) is 0 Å². The van der Waals surface area contributed by atoms with E-state index in [0.717, 1.165) is 26.2 Å². The van der Waals surface area contributed by atoms with Crippen molar-refractivity contribution in [1.82, 2.24) is 0 Å². The molecule has 0 radical (unpaired) electrons. The van der Waals surface area contributed by atoms with Crippen LogP contribution in [0.4, 0.5) is 0 Å². The van der Waals surface area contributed by atoms with Crippen LogP contribution in [0.15, 0.2) is 0 Å². The van der Waals surface area contributed by atoms with Crippen LogP contribution in [0.1, 0.15) is 271 Å². The van der Waals surface area contributed by atoms with Crippen LogP contribution in [0, 0.1) is 5.92 Å². The van der Waals surface area contributed by atoms with Gasteiger partial charge in [0, 0.05) is 38.4 Å². The van der Waals surface area contributed by atoms with Crippen molar-refractivity contribution < 1.29 is 117 Å². The first kappa shape index (κ1) is 107. The minimum Gasteiger partial charge on any atom is -0.396 e. The lowest BCUT2D eigenvalue weighted by atomic mass is 9.90. The highest BCUT2D eigenvalue weighted by atomic mass is 16.5. The average Bonchev–Trinajstić information content (AvgIpc) is 3.23. The molecule has 23 nitrogen and oxygen atoms in total. The Bertz CT molecular complexity index is 1380. The highest BCUT2D eigenvalue weighted by molar-refractivity contribution is 4.85. The van der Waals surface area contributed by atoms with Gasteiger partial charge in [-0.15, -0.1) is 0 Å². The molecular formula is C63H146O23. The van der Waals surface area contributed by atoms with Gasteiger partial charge in [0.1, 0.15) is 17.3 Å². The first-order chi connectivity index (χ1) is 37.0. The third kappa shape index (κ3) is 102. The molecule has 0 saturated carbocycles. The summed E-state index contributed by atoms with van der Waals surface area (Å²) in [6, 6.07) is 0. The van der Waals surface area contributed by atoms with Crippen LogP contribution in [-0.2, 0) is 0 Å². The Morgan fingerprint density at radius 2 is 0.628 bits per heavy atom. The molecule has 0 heterocycles. The van der Waals surface area contributed by atoms with Crippen molar-refractivity contribution in [2.24, 2.45) is 5.92 Å². The maximum atomic E-state index is 9.49. The van der Waals surface area contributed by atoms with Crippen molar-refractivity contribution in [3.05, 3.63) is 0 Å². The summed E-state index contributed by atoms with van der Waals surface area (Å²) < 4.78 is 0. The van der Waals surface area contributed by atoms with Crippen LogP contribution in [0.25, 0.3) is 0 Å². The van der Waals surface area contributed by atoms with Crippen LogP contribution < -0.4 is 0 Å². The summed E-state index contributed by atoms with van der Waals surface area (Å²) in [6.07, 6.45) is 4.46. The summed E-state index contributed by atoms with van der Waals surface area (Å²) >= 11 is 0. The monoisotopic (exact) mass is 1270 g/mol. The lowest BCUT2D eigenvalue weighted by Gasteiger charge is -2.31. The Labute approximate surface area is 523 Å². The summed E-state index contributed by atoms with van der Waals surface area (Å²) in [5.41, 5.74) is -11.1. The molecule has 0 aromatic heterocycles. The number of aliphatic hydroxyl groups excluding tert-OH is 8. The van der Waals surface area contributed by atoms with Crippen molar-refractivity contribution in [3.63, 3.8) is 0 Å². The number of hydrogen-bond acceptors (Lipinski definition) is 23. The fourth-order valence-electron chi connectivity index (χ4n) is 5.58. The van der Waals surface area contributed by atoms with E-state index in [9.17, 15) is 35.7 Å². The molecule has 0 aliphatic carbocycles. The molecule has 6 atom stereocenters. The van der Waals surface area contributed by atoms with E-state index >= 15 is 0 Å². The molecule has 0 aromatic rings. The van der Waals surface area contributed by atoms with Gasteiger partial charge in [-0.05, 0) is 212 Å². The number of unbranched alkanes of at least 4 members (excludes halogenated alkanes) is 1. The molecule has 536 valence electrons. The zero-order chi connectivity index (χ0) is 72.6. The maximum absolute atomic E-state index is 9.49. The third-order valence-electron chi connectivity index (χ3n) is 11.7. The van der Waals surface area contributed by atoms with Gasteiger partial charge in [-0.2, -0.15) is 0 Å². The molecule has 0 amide bonds. The van der Waals surface area contributed by atoms with Gasteiger partial charge in [0.15, 0.2) is 5.79 Å². The molecule has 6 unspecified atom stereocenters. The van der Waals surface area contributed by atoms with Gasteiger partial charge >= 0.3 is 0 Å². The third-order valence-corrected chi connectivity index (χ3v) is 11.7. The molecule has 0 aromatic carbocycles. The van der Waals surface area contributed by atoms with Gasteiger partial charge in [0.05, 0.1) is 93.6 Å². The van der Waals surface area contributed by atoms with Gasteiger partial charge in [0.2, 0.25) is 0 Å². The molecule has 0 aliphatic rings. The van der Waals surface area contributed by atoms with E-state index in [0.29, 0.717) is 51.4 Å². The Balaban J connectivity index is -0.0000000934. The molecular weight excluding hydrogens is 1120 g/mol. The number of hydrogen-bond donors (Lipinski definition) is 23. The highest BCUT2D eigenvalue weighted by Gasteiger charge is 2.32. The Kier molecular flexibility index (Phi) is 58.4. The molecule has 0 fully saturated rings. The second-order valence-electron chi connectivity index (χ2n) is 29.8. The van der Waals surface area contributed by atoms with Crippen LogP contribution in [0.2, 0.25) is 0 Å². The van der Waals surface area contributed by atoms with Crippen molar-refractivity contribution >= 4 is 0 Å². The molecule has 0 saturated heterocycles. The number of aliphatic hydroxyl groups is 23. The van der Waals surface area contributed by atoms with Crippen LogP contribution in [0.3, 0.4) is 0 Å². The summed E-state index contributed by atoms with van der Waals surface area (Å²) in [5, 5.41) is 204. The average molecular weight is 1270 g/mol. The number of rotatable bonds is 24. The fraction of sp³-hybridized carbons (Fsp3) is 1.00. The van der Waals surface area contributed by atoms with Crippen molar-refractivity contribution in [2.75, 3.05) is 33.0 Å². The second-order valence-corrected chi connectivity index (χ2v) is 29.8. The molecule has 23 N–H and O–H groups in total. The zero-order valence-electron chi connectivity index (χ0n) is 59.9. The fourth-order valence-corrected chi connectivity index (χ4v) is 5.58. The lowest BCUT2D eigenvalue weighted by molar-refractivity contribution is -0.211. The maximum Gasteiger partial charge on any atom is 0.186 e. The first-order valence-electron chi connectivity index (χ1n) is 30.0. The van der Waals surface area contributed by atoms with Crippen molar-refractivity contribution in [1.29, 1.82) is 0 Å². The summed E-state index contributed by atoms with van der Waals surface area (Å²) in [7, 11) is 0. The smallest absolute Gasteiger partial charge is 0.186 e. The summed E-state index contributed by atoms with van der Waals surface area (Å²) in [6.45, 7) is 47.1. The van der Waals surface area contributed by atoms with Crippen molar-refractivity contribution in [3.8, 4) is 0 Å². The molecule has 0 aliphatic heterocycles. The highest BCUT2D eigenvalue weighted by Crippen LogP contribution is 2.22. The SMILES string of the molecule is CC(C)(O)C(C)(C)O.CC(C)(O)CC(C)(C)O.CC(C)(O)CC(C)(C)O.CC(C)(O)CCC(C)(C)O.CC(CO)C(C)(C)O.CC(O)(CO)CO.CC(O)CC(C)(C)O.CCC(O)C(C)(O)CO.CCC(O)C(C)(O)O.CCCCC(C)(O)CCO. The van der Waals surface area contributed by atoms with Gasteiger partial charge in [0.25, 0.3) is 0 Å². The minimum absolute atomic E-state index is 0.0394. The molecule has 0 spiro atoms. The molecule has 0 bridgehead atoms. The topological polar surface area (TPSA) is 465 Å². The first-order valence-corrected chi connectivity index (χ1v) is 30.0.